The molecule has 0 bridgehead atoms. The molecule has 1 fully saturated rings. The monoisotopic (exact) mass is 307 g/mol. The highest BCUT2D eigenvalue weighted by atomic mass is 79.9. The number of hydrogen-bond acceptors (Lipinski definition) is 2. The maximum Gasteiger partial charge on any atom is 0.220 e. The second-order valence-electron chi connectivity index (χ2n) is 5.13. The van der Waals surface area contributed by atoms with Gasteiger partial charge in [-0.25, -0.2) is 0 Å². The van der Waals surface area contributed by atoms with Crippen molar-refractivity contribution < 1.29 is 4.79 Å². The van der Waals surface area contributed by atoms with Crippen molar-refractivity contribution in [1.82, 2.24) is 5.32 Å². The summed E-state index contributed by atoms with van der Waals surface area (Å²) in [5.41, 5.74) is -0.0794. The minimum Gasteiger partial charge on any atom is -0.351 e. The van der Waals surface area contributed by atoms with Crippen LogP contribution < -0.4 is 5.32 Å². The van der Waals surface area contributed by atoms with Gasteiger partial charge in [0.15, 0.2) is 0 Å². The molecule has 0 radical (unpaired) electrons. The molecule has 0 aromatic carbocycles. The SMILES string of the molecule is CC(C)(CCBr)NC(=O)CC1CCSCC1. The van der Waals surface area contributed by atoms with Crippen molar-refractivity contribution in [3.05, 3.63) is 0 Å². The zero-order valence-electron chi connectivity index (χ0n) is 10.2. The largest absolute Gasteiger partial charge is 0.351 e. The third-order valence-corrected chi connectivity index (χ3v) is 4.46. The Balaban J connectivity index is 2.28. The molecule has 1 rings (SSSR count). The Morgan fingerprint density at radius 2 is 2.06 bits per heavy atom. The van der Waals surface area contributed by atoms with Gasteiger partial charge in [-0.1, -0.05) is 15.9 Å². The van der Waals surface area contributed by atoms with Crippen LogP contribution in [0.5, 0.6) is 0 Å². The molecule has 1 aliphatic rings. The van der Waals surface area contributed by atoms with Crippen molar-refractivity contribution in [2.75, 3.05) is 16.8 Å². The van der Waals surface area contributed by atoms with E-state index in [0.29, 0.717) is 12.3 Å². The van der Waals surface area contributed by atoms with Crippen molar-refractivity contribution in [3.8, 4) is 0 Å². The number of carbonyl (C=O) groups is 1. The van der Waals surface area contributed by atoms with Crippen LogP contribution in [0.1, 0.15) is 39.5 Å². The number of alkyl halides is 1. The van der Waals surface area contributed by atoms with Gasteiger partial charge in [0.1, 0.15) is 0 Å². The number of hydrogen-bond donors (Lipinski definition) is 1. The zero-order valence-corrected chi connectivity index (χ0v) is 12.6. The first-order valence-corrected chi connectivity index (χ1v) is 8.26. The number of amides is 1. The Kier molecular flexibility index (Phi) is 6.19. The quantitative estimate of drug-likeness (QED) is 0.790. The van der Waals surface area contributed by atoms with Crippen LogP contribution in [0.15, 0.2) is 0 Å². The van der Waals surface area contributed by atoms with Crippen LogP contribution in [0, 0.1) is 5.92 Å². The van der Waals surface area contributed by atoms with Crippen LogP contribution in [0.4, 0.5) is 0 Å². The average Bonchev–Trinajstić information content (AvgIpc) is 2.17. The van der Waals surface area contributed by atoms with Crippen LogP contribution in [-0.2, 0) is 4.79 Å². The lowest BCUT2D eigenvalue weighted by Crippen LogP contribution is -2.44. The van der Waals surface area contributed by atoms with Gasteiger partial charge in [0.2, 0.25) is 5.91 Å². The van der Waals surface area contributed by atoms with Crippen LogP contribution in [0.3, 0.4) is 0 Å². The van der Waals surface area contributed by atoms with Gasteiger partial charge in [-0.05, 0) is 50.5 Å². The van der Waals surface area contributed by atoms with Crippen molar-refractivity contribution in [2.24, 2.45) is 5.92 Å². The van der Waals surface area contributed by atoms with Gasteiger partial charge in [-0.3, -0.25) is 4.79 Å². The maximum absolute atomic E-state index is 11.9. The molecule has 1 aliphatic heterocycles. The fourth-order valence-electron chi connectivity index (χ4n) is 1.94. The molecule has 0 aromatic heterocycles. The molecular weight excluding hydrogens is 286 g/mol. The van der Waals surface area contributed by atoms with E-state index in [0.717, 1.165) is 11.8 Å². The molecule has 2 nitrogen and oxygen atoms in total. The van der Waals surface area contributed by atoms with Gasteiger partial charge in [0.05, 0.1) is 0 Å². The molecular formula is C12H22BrNOS. The van der Waals surface area contributed by atoms with Crippen LogP contribution in [-0.4, -0.2) is 28.3 Å². The Hall–Kier alpha value is 0.300. The molecule has 1 heterocycles. The number of thioether (sulfide) groups is 1. The second-order valence-corrected chi connectivity index (χ2v) is 7.15. The van der Waals surface area contributed by atoms with Crippen LogP contribution in [0.2, 0.25) is 0 Å². The van der Waals surface area contributed by atoms with E-state index < -0.39 is 0 Å². The van der Waals surface area contributed by atoms with Crippen LogP contribution >= 0.6 is 27.7 Å². The van der Waals surface area contributed by atoms with Gasteiger partial charge >= 0.3 is 0 Å². The Labute approximate surface area is 111 Å². The first-order valence-electron chi connectivity index (χ1n) is 5.98. The van der Waals surface area contributed by atoms with E-state index in [1.165, 1.54) is 24.3 Å². The molecule has 0 spiro atoms. The molecule has 0 atom stereocenters. The van der Waals surface area contributed by atoms with E-state index in [4.69, 9.17) is 0 Å². The number of halogens is 1. The highest BCUT2D eigenvalue weighted by molar-refractivity contribution is 9.09. The summed E-state index contributed by atoms with van der Waals surface area (Å²) in [6.07, 6.45) is 4.10. The Bertz CT molecular complexity index is 227. The van der Waals surface area contributed by atoms with Crippen molar-refractivity contribution in [3.63, 3.8) is 0 Å². The highest BCUT2D eigenvalue weighted by Crippen LogP contribution is 2.25. The van der Waals surface area contributed by atoms with Gasteiger partial charge in [-0.2, -0.15) is 11.8 Å². The minimum atomic E-state index is -0.0794. The van der Waals surface area contributed by atoms with E-state index in [9.17, 15) is 4.79 Å². The van der Waals surface area contributed by atoms with Crippen molar-refractivity contribution in [1.29, 1.82) is 0 Å². The smallest absolute Gasteiger partial charge is 0.220 e. The first-order chi connectivity index (χ1) is 7.53. The molecule has 0 saturated carbocycles. The van der Waals surface area contributed by atoms with E-state index >= 15 is 0 Å². The van der Waals surface area contributed by atoms with Crippen molar-refractivity contribution >= 4 is 33.6 Å². The standard InChI is InChI=1S/C12H22BrNOS/c1-12(2,5-6-13)14-11(15)9-10-3-7-16-8-4-10/h10H,3-9H2,1-2H3,(H,14,15). The zero-order chi connectivity index (χ0) is 12.0. The Morgan fingerprint density at radius 1 is 1.44 bits per heavy atom. The lowest BCUT2D eigenvalue weighted by Gasteiger charge is -2.27. The summed E-state index contributed by atoms with van der Waals surface area (Å²) >= 11 is 5.43. The van der Waals surface area contributed by atoms with E-state index in [1.807, 2.05) is 11.8 Å². The van der Waals surface area contributed by atoms with E-state index in [1.54, 1.807) is 0 Å². The van der Waals surface area contributed by atoms with Gasteiger partial charge in [0, 0.05) is 17.3 Å². The summed E-state index contributed by atoms with van der Waals surface area (Å²) in [6.45, 7) is 4.17. The molecule has 0 aliphatic carbocycles. The minimum absolute atomic E-state index is 0.0794. The lowest BCUT2D eigenvalue weighted by atomic mass is 9.96. The molecule has 0 aromatic rings. The van der Waals surface area contributed by atoms with E-state index in [-0.39, 0.29) is 11.4 Å². The number of carbonyl (C=O) groups excluding carboxylic acids is 1. The van der Waals surface area contributed by atoms with Gasteiger partial charge in [0.25, 0.3) is 0 Å². The molecule has 1 amide bonds. The fourth-order valence-corrected chi connectivity index (χ4v) is 4.14. The molecule has 4 heteroatoms. The number of rotatable bonds is 5. The molecule has 1 saturated heterocycles. The first kappa shape index (κ1) is 14.4. The summed E-state index contributed by atoms with van der Waals surface area (Å²) in [5.74, 6) is 3.29. The summed E-state index contributed by atoms with van der Waals surface area (Å²) in [4.78, 5) is 11.9. The summed E-state index contributed by atoms with van der Waals surface area (Å²) < 4.78 is 0. The van der Waals surface area contributed by atoms with Crippen molar-refractivity contribution in [2.45, 2.75) is 45.1 Å². The summed E-state index contributed by atoms with van der Waals surface area (Å²) in [6, 6.07) is 0. The Morgan fingerprint density at radius 3 is 2.62 bits per heavy atom. The summed E-state index contributed by atoms with van der Waals surface area (Å²) in [5, 5.41) is 4.06. The normalized spacial score (nSPS) is 18.4. The molecule has 16 heavy (non-hydrogen) atoms. The molecule has 0 unspecified atom stereocenters. The number of nitrogens with one attached hydrogen (secondary N) is 1. The molecule has 1 N–H and O–H groups in total. The summed E-state index contributed by atoms with van der Waals surface area (Å²) in [7, 11) is 0. The van der Waals surface area contributed by atoms with Crippen LogP contribution in [0.25, 0.3) is 0 Å². The molecule has 94 valence electrons. The average molecular weight is 308 g/mol. The topological polar surface area (TPSA) is 29.1 Å². The third kappa shape index (κ3) is 5.58. The van der Waals surface area contributed by atoms with Gasteiger partial charge < -0.3 is 5.32 Å². The third-order valence-electron chi connectivity index (χ3n) is 3.01. The predicted octanol–water partition coefficient (Wildman–Crippen LogP) is 3.20. The lowest BCUT2D eigenvalue weighted by molar-refractivity contribution is -0.123. The van der Waals surface area contributed by atoms with E-state index in [2.05, 4.69) is 35.1 Å². The highest BCUT2D eigenvalue weighted by Gasteiger charge is 2.22. The predicted molar refractivity (Wildman–Crippen MR) is 75.3 cm³/mol. The van der Waals surface area contributed by atoms with Gasteiger partial charge in [-0.15, -0.1) is 0 Å². The second kappa shape index (κ2) is 6.90. The maximum atomic E-state index is 11.9. The fraction of sp³-hybridized carbons (Fsp3) is 0.917.